The number of aryl methyl sites for hydroxylation is 1. The van der Waals surface area contributed by atoms with Gasteiger partial charge < -0.3 is 15.5 Å². The summed E-state index contributed by atoms with van der Waals surface area (Å²) in [6, 6.07) is 9.94. The molecule has 28 heavy (non-hydrogen) atoms. The molecule has 0 radical (unpaired) electrons. The third-order valence-corrected chi connectivity index (χ3v) is 5.35. The number of carbonyl (C=O) groups is 1. The Morgan fingerprint density at radius 3 is 2.75 bits per heavy atom. The highest BCUT2D eigenvalue weighted by molar-refractivity contribution is 5.91. The molecule has 0 aliphatic carbocycles. The smallest absolute Gasteiger partial charge is 0.224 e. The Kier molecular flexibility index (Phi) is 7.23. The van der Waals surface area contributed by atoms with Gasteiger partial charge in [-0.1, -0.05) is 25.1 Å². The Morgan fingerprint density at radius 2 is 2.00 bits per heavy atom. The van der Waals surface area contributed by atoms with Gasteiger partial charge in [0.05, 0.1) is 0 Å². The van der Waals surface area contributed by atoms with E-state index >= 15 is 0 Å². The fourth-order valence-electron chi connectivity index (χ4n) is 3.58. The Balaban J connectivity index is 1.43. The number of hydrogen-bond acceptors (Lipinski definition) is 5. The molecule has 2 N–H and O–H groups in total. The van der Waals surface area contributed by atoms with Crippen molar-refractivity contribution in [2.24, 2.45) is 5.92 Å². The van der Waals surface area contributed by atoms with Gasteiger partial charge in [0.25, 0.3) is 0 Å². The van der Waals surface area contributed by atoms with Crippen LogP contribution in [0.25, 0.3) is 0 Å². The Labute approximate surface area is 167 Å². The summed E-state index contributed by atoms with van der Waals surface area (Å²) in [4.78, 5) is 23.3. The number of para-hydroxylation sites is 1. The molecule has 1 aromatic carbocycles. The summed E-state index contributed by atoms with van der Waals surface area (Å²) in [5, 5.41) is 6.35. The van der Waals surface area contributed by atoms with Crippen molar-refractivity contribution in [1.29, 1.82) is 0 Å². The molecule has 0 spiro atoms. The quantitative estimate of drug-likeness (QED) is 0.716. The fourth-order valence-corrected chi connectivity index (χ4v) is 3.58. The van der Waals surface area contributed by atoms with Gasteiger partial charge >= 0.3 is 0 Å². The van der Waals surface area contributed by atoms with Crippen LogP contribution >= 0.6 is 0 Å². The predicted octanol–water partition coefficient (Wildman–Crippen LogP) is 4.24. The molecule has 1 fully saturated rings. The monoisotopic (exact) mass is 381 g/mol. The number of rotatable bonds is 8. The number of piperidine rings is 1. The van der Waals surface area contributed by atoms with E-state index in [2.05, 4.69) is 32.4 Å². The van der Waals surface area contributed by atoms with Gasteiger partial charge in [-0.3, -0.25) is 4.79 Å². The lowest BCUT2D eigenvalue weighted by Crippen LogP contribution is -2.34. The maximum atomic E-state index is 12.3. The van der Waals surface area contributed by atoms with E-state index in [9.17, 15) is 4.79 Å². The van der Waals surface area contributed by atoms with Crippen molar-refractivity contribution in [1.82, 2.24) is 9.97 Å². The van der Waals surface area contributed by atoms with Crippen LogP contribution in [0.2, 0.25) is 0 Å². The van der Waals surface area contributed by atoms with E-state index in [0.29, 0.717) is 12.3 Å². The number of hydrogen-bond donors (Lipinski definition) is 2. The molecular formula is C22H31N5O. The first kappa shape index (κ1) is 20.1. The topological polar surface area (TPSA) is 70.2 Å². The minimum atomic E-state index is 0.110. The van der Waals surface area contributed by atoms with Crippen molar-refractivity contribution >= 4 is 23.2 Å². The van der Waals surface area contributed by atoms with Crippen LogP contribution in [0.4, 0.5) is 17.3 Å². The lowest BCUT2D eigenvalue weighted by Gasteiger charge is -2.32. The van der Waals surface area contributed by atoms with Crippen LogP contribution in [-0.2, 0) is 4.79 Å². The zero-order valence-electron chi connectivity index (χ0n) is 16.9. The van der Waals surface area contributed by atoms with Crippen LogP contribution in [0.15, 0.2) is 36.7 Å². The van der Waals surface area contributed by atoms with Crippen molar-refractivity contribution in [2.45, 2.75) is 46.0 Å². The number of aromatic nitrogens is 2. The normalized spacial score (nSPS) is 14.7. The highest BCUT2D eigenvalue weighted by atomic mass is 16.1. The summed E-state index contributed by atoms with van der Waals surface area (Å²) in [6.07, 6.45) is 6.42. The summed E-state index contributed by atoms with van der Waals surface area (Å²) < 4.78 is 0. The lowest BCUT2D eigenvalue weighted by molar-refractivity contribution is -0.116. The molecule has 1 aliphatic heterocycles. The van der Waals surface area contributed by atoms with Gasteiger partial charge in [-0.25, -0.2) is 9.97 Å². The summed E-state index contributed by atoms with van der Waals surface area (Å²) in [7, 11) is 0. The third-order valence-electron chi connectivity index (χ3n) is 5.35. The van der Waals surface area contributed by atoms with E-state index in [4.69, 9.17) is 0 Å². The molecule has 1 amide bonds. The average molecular weight is 382 g/mol. The van der Waals surface area contributed by atoms with Gasteiger partial charge in [0.15, 0.2) is 0 Å². The fraction of sp³-hybridized carbons (Fsp3) is 0.500. The summed E-state index contributed by atoms with van der Waals surface area (Å²) in [5.74, 6) is 2.59. The van der Waals surface area contributed by atoms with Crippen LogP contribution in [0.1, 0.15) is 44.6 Å². The Morgan fingerprint density at radius 1 is 1.21 bits per heavy atom. The molecule has 2 aromatic rings. The maximum absolute atomic E-state index is 12.3. The molecule has 6 nitrogen and oxygen atoms in total. The van der Waals surface area contributed by atoms with Crippen molar-refractivity contribution < 1.29 is 4.79 Å². The van der Waals surface area contributed by atoms with Crippen molar-refractivity contribution in [2.75, 3.05) is 35.2 Å². The van der Waals surface area contributed by atoms with Crippen molar-refractivity contribution in [3.63, 3.8) is 0 Å². The lowest BCUT2D eigenvalue weighted by atomic mass is 9.92. The van der Waals surface area contributed by atoms with Crippen LogP contribution < -0.4 is 15.5 Å². The van der Waals surface area contributed by atoms with Crippen LogP contribution in [0, 0.1) is 12.8 Å². The highest BCUT2D eigenvalue weighted by Gasteiger charge is 2.21. The van der Waals surface area contributed by atoms with E-state index in [1.807, 2.05) is 37.3 Å². The van der Waals surface area contributed by atoms with E-state index < -0.39 is 0 Å². The summed E-state index contributed by atoms with van der Waals surface area (Å²) in [6.45, 7) is 7.04. The van der Waals surface area contributed by atoms with Crippen molar-refractivity contribution in [3.05, 3.63) is 42.2 Å². The first-order valence-corrected chi connectivity index (χ1v) is 10.3. The van der Waals surface area contributed by atoms with E-state index in [1.54, 1.807) is 6.33 Å². The molecule has 1 saturated heterocycles. The first-order chi connectivity index (χ1) is 13.7. The second-order valence-electron chi connectivity index (χ2n) is 7.52. The van der Waals surface area contributed by atoms with Gasteiger partial charge in [-0.2, -0.15) is 0 Å². The Hall–Kier alpha value is -2.63. The molecule has 1 aliphatic rings. The molecule has 2 heterocycles. The number of benzene rings is 1. The highest BCUT2D eigenvalue weighted by Crippen LogP contribution is 2.26. The second-order valence-corrected chi connectivity index (χ2v) is 7.52. The molecule has 3 rings (SSSR count). The molecule has 150 valence electrons. The molecule has 0 bridgehead atoms. The number of anilines is 3. The van der Waals surface area contributed by atoms with E-state index in [1.165, 1.54) is 0 Å². The van der Waals surface area contributed by atoms with E-state index in [-0.39, 0.29) is 5.91 Å². The zero-order valence-corrected chi connectivity index (χ0v) is 16.9. The number of carbonyl (C=O) groups excluding carboxylic acids is 1. The molecular weight excluding hydrogens is 350 g/mol. The summed E-state index contributed by atoms with van der Waals surface area (Å²) >= 11 is 0. The van der Waals surface area contributed by atoms with Gasteiger partial charge in [0.2, 0.25) is 5.91 Å². The number of nitrogens with one attached hydrogen (secondary N) is 2. The number of nitrogens with zero attached hydrogens (tertiary/aromatic N) is 3. The van der Waals surface area contributed by atoms with Crippen LogP contribution in [-0.4, -0.2) is 35.5 Å². The average Bonchev–Trinajstić information content (AvgIpc) is 2.73. The SMILES string of the molecule is CCCNc1cc(N2CCC(CCC(=O)Nc3ccccc3C)CC2)ncn1. The minimum Gasteiger partial charge on any atom is -0.370 e. The first-order valence-electron chi connectivity index (χ1n) is 10.3. The van der Waals surface area contributed by atoms with Crippen LogP contribution in [0.5, 0.6) is 0 Å². The van der Waals surface area contributed by atoms with Gasteiger partial charge in [0.1, 0.15) is 18.0 Å². The molecule has 0 saturated carbocycles. The molecule has 6 heteroatoms. The third kappa shape index (κ3) is 5.68. The molecule has 0 unspecified atom stereocenters. The largest absolute Gasteiger partial charge is 0.370 e. The Bertz CT molecular complexity index is 771. The zero-order chi connectivity index (χ0) is 19.8. The standard InChI is InChI=1S/C22H31N5O/c1-3-12-23-20-15-21(25-16-24-20)27-13-10-18(11-14-27)8-9-22(28)26-19-7-5-4-6-17(19)2/h4-7,15-16,18H,3,8-14H2,1-2H3,(H,26,28)(H,23,24,25). The minimum absolute atomic E-state index is 0.110. The summed E-state index contributed by atoms with van der Waals surface area (Å²) in [5.41, 5.74) is 2.01. The predicted molar refractivity (Wildman–Crippen MR) is 115 cm³/mol. The second kappa shape index (κ2) is 10.1. The van der Waals surface area contributed by atoms with Crippen molar-refractivity contribution in [3.8, 4) is 0 Å². The van der Waals surface area contributed by atoms with Gasteiger partial charge in [0, 0.05) is 37.8 Å². The number of amides is 1. The van der Waals surface area contributed by atoms with Gasteiger partial charge in [-0.05, 0) is 50.2 Å². The molecule has 1 aromatic heterocycles. The van der Waals surface area contributed by atoms with Gasteiger partial charge in [-0.15, -0.1) is 0 Å². The van der Waals surface area contributed by atoms with E-state index in [0.717, 1.165) is 68.2 Å². The van der Waals surface area contributed by atoms with Crippen LogP contribution in [0.3, 0.4) is 0 Å². The molecule has 0 atom stereocenters. The maximum Gasteiger partial charge on any atom is 0.224 e.